The van der Waals surface area contributed by atoms with E-state index in [0.717, 1.165) is 29.7 Å². The normalized spacial score (nSPS) is 17.6. The molecule has 0 aliphatic carbocycles. The molecule has 1 aliphatic rings. The van der Waals surface area contributed by atoms with E-state index < -0.39 is 6.09 Å². The Morgan fingerprint density at radius 1 is 1.03 bits per heavy atom. The highest BCUT2D eigenvalue weighted by atomic mass is 35.5. The fourth-order valence-corrected chi connectivity index (χ4v) is 5.94. The topological polar surface area (TPSA) is 55.8 Å². The average Bonchev–Trinajstić information content (AvgIpc) is 3.46. The molecule has 0 radical (unpaired) electrons. The number of halogens is 1. The number of ether oxygens (including phenoxy) is 2. The molecule has 2 unspecified atom stereocenters. The smallest absolute Gasteiger partial charge is 0.415 e. The zero-order chi connectivity index (χ0) is 26.7. The van der Waals surface area contributed by atoms with Gasteiger partial charge in [0.15, 0.2) is 5.78 Å². The summed E-state index contributed by atoms with van der Waals surface area (Å²) in [5.41, 5.74) is 3.14. The highest BCUT2D eigenvalue weighted by Crippen LogP contribution is 2.35. The van der Waals surface area contributed by atoms with Crippen LogP contribution in [0, 0.1) is 25.7 Å². The fourth-order valence-electron chi connectivity index (χ4n) is 4.90. The lowest BCUT2D eigenvalue weighted by Gasteiger charge is -2.25. The standard InChI is InChI=1S/C30H34ClNO4S/c1-19-15-21(16-20(2)28(19)36-30(3,4)5)11-12-22-17-32(29(34)35-23-9-7-6-8-10-23)18-24(22)27(33)25-13-14-26(31)37-25/h6-10,13-16,22,24H,11-12,17-18H2,1-5H3. The Kier molecular flexibility index (Phi) is 8.29. The number of carbonyl (C=O) groups is 2. The van der Waals surface area contributed by atoms with Crippen LogP contribution in [0.15, 0.2) is 54.6 Å². The number of aryl methyl sites for hydroxylation is 3. The van der Waals surface area contributed by atoms with Crippen molar-refractivity contribution >= 4 is 34.8 Å². The minimum absolute atomic E-state index is 0.0165. The van der Waals surface area contributed by atoms with E-state index in [9.17, 15) is 9.59 Å². The van der Waals surface area contributed by atoms with Crippen molar-refractivity contribution in [1.82, 2.24) is 4.90 Å². The number of thiophene rings is 1. The molecular weight excluding hydrogens is 506 g/mol. The number of likely N-dealkylation sites (tertiary alicyclic amines) is 1. The zero-order valence-electron chi connectivity index (χ0n) is 22.0. The maximum Gasteiger partial charge on any atom is 0.415 e. The van der Waals surface area contributed by atoms with Gasteiger partial charge in [0.1, 0.15) is 17.1 Å². The van der Waals surface area contributed by atoms with Gasteiger partial charge in [-0.15, -0.1) is 11.3 Å². The minimum atomic E-state index is -0.425. The van der Waals surface area contributed by atoms with E-state index in [1.807, 2.05) is 39.0 Å². The fraction of sp³-hybridized carbons (Fsp3) is 0.400. The Morgan fingerprint density at radius 2 is 1.70 bits per heavy atom. The SMILES string of the molecule is Cc1cc(CCC2CN(C(=O)Oc3ccccc3)CC2C(=O)c2ccc(Cl)s2)cc(C)c1OC(C)(C)C. The second-order valence-corrected chi connectivity index (χ2v) is 12.4. The third-order valence-corrected chi connectivity index (χ3v) is 7.78. The highest BCUT2D eigenvalue weighted by molar-refractivity contribution is 7.18. The van der Waals surface area contributed by atoms with Gasteiger partial charge in [0.05, 0.1) is 9.21 Å². The Balaban J connectivity index is 1.50. The first-order chi connectivity index (χ1) is 17.5. The predicted molar refractivity (Wildman–Crippen MR) is 149 cm³/mol. The Hall–Kier alpha value is -2.83. The van der Waals surface area contributed by atoms with Crippen molar-refractivity contribution in [1.29, 1.82) is 0 Å². The number of para-hydroxylation sites is 1. The summed E-state index contributed by atoms with van der Waals surface area (Å²) in [4.78, 5) is 28.7. The minimum Gasteiger partial charge on any atom is -0.488 e. The van der Waals surface area contributed by atoms with Gasteiger partial charge in [0, 0.05) is 19.0 Å². The van der Waals surface area contributed by atoms with Gasteiger partial charge in [-0.25, -0.2) is 4.79 Å². The summed E-state index contributed by atoms with van der Waals surface area (Å²) in [7, 11) is 0. The molecule has 0 N–H and O–H groups in total. The molecule has 5 nitrogen and oxygen atoms in total. The molecule has 4 rings (SSSR count). The Bertz CT molecular complexity index is 1240. The molecule has 0 spiro atoms. The van der Waals surface area contributed by atoms with Crippen molar-refractivity contribution < 1.29 is 19.1 Å². The molecule has 196 valence electrons. The lowest BCUT2D eigenvalue weighted by atomic mass is 9.86. The molecule has 7 heteroatoms. The summed E-state index contributed by atoms with van der Waals surface area (Å²) in [6.45, 7) is 11.1. The quantitative estimate of drug-likeness (QED) is 0.288. The van der Waals surface area contributed by atoms with E-state index in [-0.39, 0.29) is 23.2 Å². The summed E-state index contributed by atoms with van der Waals surface area (Å²) < 4.78 is 12.3. The van der Waals surface area contributed by atoms with Gasteiger partial charge < -0.3 is 14.4 Å². The first-order valence-electron chi connectivity index (χ1n) is 12.6. The molecule has 0 saturated carbocycles. The maximum absolute atomic E-state index is 13.5. The van der Waals surface area contributed by atoms with Crippen molar-refractivity contribution in [2.24, 2.45) is 11.8 Å². The van der Waals surface area contributed by atoms with E-state index >= 15 is 0 Å². The van der Waals surface area contributed by atoms with Crippen LogP contribution in [-0.2, 0) is 6.42 Å². The molecule has 1 aliphatic heterocycles. The Labute approximate surface area is 228 Å². The van der Waals surface area contributed by atoms with Crippen LogP contribution in [0.2, 0.25) is 4.34 Å². The molecule has 1 amide bonds. The van der Waals surface area contributed by atoms with E-state index in [0.29, 0.717) is 28.1 Å². The number of carbonyl (C=O) groups excluding carboxylic acids is 2. The molecule has 1 aromatic heterocycles. The third kappa shape index (κ3) is 6.93. The van der Waals surface area contributed by atoms with Gasteiger partial charge in [-0.05, 0) is 94.3 Å². The van der Waals surface area contributed by atoms with Crippen molar-refractivity contribution in [3.8, 4) is 11.5 Å². The molecule has 2 heterocycles. The van der Waals surface area contributed by atoms with Crippen LogP contribution in [0.5, 0.6) is 11.5 Å². The first kappa shape index (κ1) is 27.2. The van der Waals surface area contributed by atoms with E-state index in [2.05, 4.69) is 26.0 Å². The van der Waals surface area contributed by atoms with E-state index in [1.165, 1.54) is 16.9 Å². The van der Waals surface area contributed by atoms with E-state index in [4.69, 9.17) is 21.1 Å². The summed E-state index contributed by atoms with van der Waals surface area (Å²) in [6, 6.07) is 16.9. The highest BCUT2D eigenvalue weighted by Gasteiger charge is 2.40. The van der Waals surface area contributed by atoms with E-state index in [1.54, 1.807) is 29.2 Å². The molecule has 1 saturated heterocycles. The predicted octanol–water partition coefficient (Wildman–Crippen LogP) is 7.76. The van der Waals surface area contributed by atoms with Gasteiger partial charge in [-0.1, -0.05) is 41.9 Å². The number of benzene rings is 2. The van der Waals surface area contributed by atoms with Crippen LogP contribution < -0.4 is 9.47 Å². The number of rotatable bonds is 7. The number of amides is 1. The number of nitrogens with zero attached hydrogens (tertiary/aromatic N) is 1. The lowest BCUT2D eigenvalue weighted by Crippen LogP contribution is -2.32. The Morgan fingerprint density at radius 3 is 2.30 bits per heavy atom. The van der Waals surface area contributed by atoms with Crippen LogP contribution in [-0.4, -0.2) is 35.5 Å². The van der Waals surface area contributed by atoms with Gasteiger partial charge in [0.25, 0.3) is 0 Å². The van der Waals surface area contributed by atoms with Gasteiger partial charge in [0.2, 0.25) is 0 Å². The molecule has 1 fully saturated rings. The number of hydrogen-bond acceptors (Lipinski definition) is 5. The number of Topliss-reactive ketones (excluding diaryl/α,β-unsaturated/α-hetero) is 1. The van der Waals surface area contributed by atoms with Gasteiger partial charge >= 0.3 is 6.09 Å². The van der Waals surface area contributed by atoms with Crippen LogP contribution in [0.4, 0.5) is 4.79 Å². The first-order valence-corrected chi connectivity index (χ1v) is 13.8. The van der Waals surface area contributed by atoms with Crippen molar-refractivity contribution in [2.45, 2.75) is 53.1 Å². The summed E-state index contributed by atoms with van der Waals surface area (Å²) >= 11 is 7.40. The second kappa shape index (κ2) is 11.3. The maximum atomic E-state index is 13.5. The molecular formula is C30H34ClNO4S. The molecule has 2 aromatic carbocycles. The van der Waals surface area contributed by atoms with Gasteiger partial charge in [-0.2, -0.15) is 0 Å². The molecule has 2 atom stereocenters. The zero-order valence-corrected chi connectivity index (χ0v) is 23.6. The number of hydrogen-bond donors (Lipinski definition) is 0. The van der Waals surface area contributed by atoms with Crippen LogP contribution >= 0.6 is 22.9 Å². The summed E-state index contributed by atoms with van der Waals surface area (Å²) in [5.74, 6) is 1.17. The molecule has 3 aromatic rings. The lowest BCUT2D eigenvalue weighted by molar-refractivity contribution is 0.0900. The summed E-state index contributed by atoms with van der Waals surface area (Å²) in [5, 5.41) is 0. The summed E-state index contributed by atoms with van der Waals surface area (Å²) in [6.07, 6.45) is 1.16. The van der Waals surface area contributed by atoms with Gasteiger partial charge in [-0.3, -0.25) is 4.79 Å². The molecule has 37 heavy (non-hydrogen) atoms. The van der Waals surface area contributed by atoms with Crippen LogP contribution in [0.1, 0.15) is 53.6 Å². The largest absolute Gasteiger partial charge is 0.488 e. The van der Waals surface area contributed by atoms with Crippen LogP contribution in [0.3, 0.4) is 0 Å². The molecule has 0 bridgehead atoms. The second-order valence-electron chi connectivity index (χ2n) is 10.7. The third-order valence-electron chi connectivity index (χ3n) is 6.53. The monoisotopic (exact) mass is 539 g/mol. The average molecular weight is 540 g/mol. The van der Waals surface area contributed by atoms with Crippen molar-refractivity contribution in [2.75, 3.05) is 13.1 Å². The van der Waals surface area contributed by atoms with Crippen molar-refractivity contribution in [3.05, 3.63) is 80.5 Å². The van der Waals surface area contributed by atoms with Crippen LogP contribution in [0.25, 0.3) is 0 Å². The number of ketones is 1. The van der Waals surface area contributed by atoms with Crippen molar-refractivity contribution in [3.63, 3.8) is 0 Å².